The lowest BCUT2D eigenvalue weighted by Gasteiger charge is -2.26. The van der Waals surface area contributed by atoms with E-state index < -0.39 is 9.76 Å². The van der Waals surface area contributed by atoms with E-state index in [-0.39, 0.29) is 5.04 Å². The molecule has 0 spiro atoms. The van der Waals surface area contributed by atoms with E-state index in [1.807, 2.05) is 24.3 Å². The topological polar surface area (TPSA) is 20.2 Å². The molecule has 0 saturated carbocycles. The molecule has 0 aliphatic rings. The van der Waals surface area contributed by atoms with Gasteiger partial charge in [-0.2, -0.15) is 0 Å². The lowest BCUT2D eigenvalue weighted by atomic mass is 9.96. The van der Waals surface area contributed by atoms with Crippen LogP contribution in [0.15, 0.2) is 43.0 Å². The van der Waals surface area contributed by atoms with Gasteiger partial charge in [-0.1, -0.05) is 43.3 Å². The minimum absolute atomic E-state index is 0.0125. The Morgan fingerprint density at radius 3 is 2.50 bits per heavy atom. The average molecular weight is 206 g/mol. The van der Waals surface area contributed by atoms with E-state index in [4.69, 9.17) is 0 Å². The lowest BCUT2D eigenvalue weighted by molar-refractivity contribution is 0.518. The summed E-state index contributed by atoms with van der Waals surface area (Å²) in [4.78, 5) is 9.51. The quantitative estimate of drug-likeness (QED) is 0.577. The summed E-state index contributed by atoms with van der Waals surface area (Å²) in [7, 11) is -1.04. The van der Waals surface area contributed by atoms with Gasteiger partial charge in [0, 0.05) is 5.04 Å². The van der Waals surface area contributed by atoms with Crippen molar-refractivity contribution in [3.63, 3.8) is 0 Å². The Balaban J connectivity index is 2.79. The number of allylic oxidation sites excluding steroid dienone is 1. The second kappa shape index (κ2) is 5.13. The highest BCUT2D eigenvalue weighted by atomic mass is 28.2. The molecule has 0 aliphatic carbocycles. The van der Waals surface area contributed by atoms with Gasteiger partial charge in [-0.3, -0.25) is 0 Å². The summed E-state index contributed by atoms with van der Waals surface area (Å²) in [6.07, 6.45) is 3.84. The fraction of sp³-hybridized carbons (Fsp3) is 0.333. The third-order valence-corrected chi connectivity index (χ3v) is 4.52. The molecule has 0 fully saturated rings. The van der Waals surface area contributed by atoms with Gasteiger partial charge in [-0.25, -0.2) is 0 Å². The molecule has 0 radical (unpaired) electrons. The third kappa shape index (κ3) is 2.56. The summed E-state index contributed by atoms with van der Waals surface area (Å²) in [5.41, 5.74) is 1.29. The predicted molar refractivity (Wildman–Crippen MR) is 64.1 cm³/mol. The van der Waals surface area contributed by atoms with Crippen LogP contribution in [0.2, 0.25) is 5.04 Å². The fourth-order valence-electron chi connectivity index (χ4n) is 1.58. The van der Waals surface area contributed by atoms with Crippen molar-refractivity contribution in [1.82, 2.24) is 0 Å². The number of hydrogen-bond donors (Lipinski definition) is 1. The van der Waals surface area contributed by atoms with Crippen LogP contribution in [0.25, 0.3) is 0 Å². The van der Waals surface area contributed by atoms with Crippen molar-refractivity contribution < 1.29 is 4.80 Å². The smallest absolute Gasteiger partial charge is 0.166 e. The molecule has 0 bridgehead atoms. The Morgan fingerprint density at radius 1 is 1.43 bits per heavy atom. The highest BCUT2D eigenvalue weighted by Crippen LogP contribution is 2.34. The van der Waals surface area contributed by atoms with Gasteiger partial charge in [0.05, 0.1) is 0 Å². The molecule has 1 aromatic carbocycles. The molecule has 1 N–H and O–H groups in total. The average Bonchev–Trinajstić information content (AvgIpc) is 2.28. The Labute approximate surface area is 88.4 Å². The van der Waals surface area contributed by atoms with Crippen molar-refractivity contribution in [3.05, 3.63) is 48.6 Å². The van der Waals surface area contributed by atoms with Crippen LogP contribution in [0.1, 0.15) is 18.9 Å². The first kappa shape index (κ1) is 11.2. The standard InChI is InChI=1S/C12H18OSi/c1-3-12(4-2,14-13)10-11-8-6-5-7-9-11/h3,5-9,13H,1,4,10,14H2,2H3. The maximum Gasteiger partial charge on any atom is 0.166 e. The van der Waals surface area contributed by atoms with Crippen LogP contribution >= 0.6 is 0 Å². The molecule has 76 valence electrons. The Bertz CT molecular complexity index is 278. The van der Waals surface area contributed by atoms with Crippen LogP contribution in [0.5, 0.6) is 0 Å². The van der Waals surface area contributed by atoms with Crippen molar-refractivity contribution in [2.75, 3.05) is 0 Å². The first-order valence-corrected chi connectivity index (χ1v) is 6.38. The fourth-order valence-corrected chi connectivity index (χ4v) is 2.33. The molecular weight excluding hydrogens is 188 g/mol. The van der Waals surface area contributed by atoms with Gasteiger partial charge in [0.25, 0.3) is 0 Å². The molecular formula is C12H18OSi. The zero-order chi connectivity index (χ0) is 10.4. The Morgan fingerprint density at radius 2 is 2.07 bits per heavy atom. The molecule has 0 aromatic heterocycles. The number of hydrogen-bond acceptors (Lipinski definition) is 1. The SMILES string of the molecule is C=CC(CC)(Cc1ccccc1)[SiH2]O. The van der Waals surface area contributed by atoms with Crippen LogP contribution in [-0.4, -0.2) is 14.6 Å². The largest absolute Gasteiger partial charge is 0.437 e. The molecule has 1 aromatic rings. The predicted octanol–water partition coefficient (Wildman–Crippen LogP) is 2.06. The molecule has 1 nitrogen and oxygen atoms in total. The first-order valence-electron chi connectivity index (χ1n) is 5.05. The molecule has 2 heteroatoms. The molecule has 0 amide bonds. The number of benzene rings is 1. The van der Waals surface area contributed by atoms with Gasteiger partial charge in [0.1, 0.15) is 0 Å². The van der Waals surface area contributed by atoms with Crippen LogP contribution in [-0.2, 0) is 6.42 Å². The molecule has 1 atom stereocenters. The van der Waals surface area contributed by atoms with E-state index in [0.717, 1.165) is 12.8 Å². The second-order valence-electron chi connectivity index (χ2n) is 3.74. The summed E-state index contributed by atoms with van der Waals surface area (Å²) in [6.45, 7) is 5.96. The Kier molecular flexibility index (Phi) is 4.11. The van der Waals surface area contributed by atoms with Gasteiger partial charge < -0.3 is 4.80 Å². The minimum Gasteiger partial charge on any atom is -0.437 e. The van der Waals surface area contributed by atoms with Gasteiger partial charge in [0.2, 0.25) is 0 Å². The number of rotatable bonds is 5. The van der Waals surface area contributed by atoms with Crippen LogP contribution < -0.4 is 0 Å². The van der Waals surface area contributed by atoms with E-state index in [9.17, 15) is 4.80 Å². The molecule has 0 heterocycles. The summed E-state index contributed by atoms with van der Waals surface area (Å²) >= 11 is 0. The maximum absolute atomic E-state index is 9.51. The van der Waals surface area contributed by atoms with Crippen molar-refractivity contribution in [2.24, 2.45) is 0 Å². The zero-order valence-electron chi connectivity index (χ0n) is 8.74. The van der Waals surface area contributed by atoms with E-state index in [1.54, 1.807) is 0 Å². The highest BCUT2D eigenvalue weighted by molar-refractivity contribution is 6.31. The first-order chi connectivity index (χ1) is 6.76. The minimum atomic E-state index is -1.04. The summed E-state index contributed by atoms with van der Waals surface area (Å²) in [5, 5.41) is -0.0125. The second-order valence-corrected chi connectivity index (χ2v) is 5.47. The Hall–Kier alpha value is -0.863. The van der Waals surface area contributed by atoms with E-state index in [2.05, 4.69) is 25.6 Å². The van der Waals surface area contributed by atoms with Crippen LogP contribution in [0.3, 0.4) is 0 Å². The summed E-state index contributed by atoms with van der Waals surface area (Å²) < 4.78 is 0. The lowest BCUT2D eigenvalue weighted by Crippen LogP contribution is -2.20. The zero-order valence-corrected chi connectivity index (χ0v) is 10.2. The van der Waals surface area contributed by atoms with Crippen LogP contribution in [0.4, 0.5) is 0 Å². The monoisotopic (exact) mass is 206 g/mol. The molecule has 0 aliphatic heterocycles. The van der Waals surface area contributed by atoms with E-state index in [1.165, 1.54) is 5.56 Å². The van der Waals surface area contributed by atoms with Crippen molar-refractivity contribution in [1.29, 1.82) is 0 Å². The normalized spacial score (nSPS) is 15.6. The van der Waals surface area contributed by atoms with Gasteiger partial charge in [0.15, 0.2) is 9.76 Å². The molecule has 14 heavy (non-hydrogen) atoms. The van der Waals surface area contributed by atoms with E-state index in [0.29, 0.717) is 0 Å². The maximum atomic E-state index is 9.51. The van der Waals surface area contributed by atoms with Crippen molar-refractivity contribution in [2.45, 2.75) is 24.8 Å². The van der Waals surface area contributed by atoms with E-state index >= 15 is 0 Å². The van der Waals surface area contributed by atoms with Gasteiger partial charge in [-0.05, 0) is 18.4 Å². The third-order valence-electron chi connectivity index (χ3n) is 2.85. The van der Waals surface area contributed by atoms with Gasteiger partial charge in [-0.15, -0.1) is 6.58 Å². The summed E-state index contributed by atoms with van der Waals surface area (Å²) in [6, 6.07) is 10.3. The van der Waals surface area contributed by atoms with Crippen LogP contribution in [0, 0.1) is 0 Å². The molecule has 1 unspecified atom stereocenters. The van der Waals surface area contributed by atoms with Crippen molar-refractivity contribution >= 4 is 9.76 Å². The summed E-state index contributed by atoms with van der Waals surface area (Å²) in [5.74, 6) is 0. The highest BCUT2D eigenvalue weighted by Gasteiger charge is 2.24. The molecule has 0 saturated heterocycles. The molecule has 1 rings (SSSR count). The van der Waals surface area contributed by atoms with Gasteiger partial charge >= 0.3 is 0 Å². The van der Waals surface area contributed by atoms with Crippen molar-refractivity contribution in [3.8, 4) is 0 Å².